The van der Waals surface area contributed by atoms with E-state index in [1.54, 1.807) is 12.4 Å². The van der Waals surface area contributed by atoms with Gasteiger partial charge in [-0.1, -0.05) is 35.9 Å². The number of nitrogens with one attached hydrogen (secondary N) is 2. The number of piperidine rings is 1. The number of carbonyl (C=O) groups excluding carboxylic acids is 2. The zero-order chi connectivity index (χ0) is 24.4. The van der Waals surface area contributed by atoms with Gasteiger partial charge < -0.3 is 15.5 Å². The largest absolute Gasteiger partial charge is 0.357 e. The molecule has 2 aliphatic rings. The quantitative estimate of drug-likeness (QED) is 0.530. The smallest absolute Gasteiger partial charge is 0.232 e. The molecule has 0 radical (unpaired) electrons. The van der Waals surface area contributed by atoms with Crippen LogP contribution < -0.4 is 15.5 Å². The van der Waals surface area contributed by atoms with Gasteiger partial charge in [0.05, 0.1) is 16.6 Å². The summed E-state index contributed by atoms with van der Waals surface area (Å²) >= 11 is 6.44. The van der Waals surface area contributed by atoms with E-state index in [0.717, 1.165) is 59.8 Å². The Morgan fingerprint density at radius 1 is 1.17 bits per heavy atom. The van der Waals surface area contributed by atoms with E-state index in [1.165, 1.54) is 0 Å². The molecule has 2 N–H and O–H groups in total. The summed E-state index contributed by atoms with van der Waals surface area (Å²) in [6.07, 6.45) is 5.54. The van der Waals surface area contributed by atoms with Crippen molar-refractivity contribution in [3.63, 3.8) is 0 Å². The summed E-state index contributed by atoms with van der Waals surface area (Å²) in [6, 6.07) is 13.6. The maximum absolute atomic E-state index is 12.8. The first-order valence-corrected chi connectivity index (χ1v) is 12.4. The van der Waals surface area contributed by atoms with Gasteiger partial charge in [-0.25, -0.2) is 4.98 Å². The molecule has 2 aromatic heterocycles. The van der Waals surface area contributed by atoms with Crippen molar-refractivity contribution < 1.29 is 9.59 Å². The summed E-state index contributed by atoms with van der Waals surface area (Å²) in [5.41, 5.74) is 4.66. The highest BCUT2D eigenvalue weighted by Gasteiger charge is 2.30. The van der Waals surface area contributed by atoms with Crippen LogP contribution in [0.1, 0.15) is 36.3 Å². The van der Waals surface area contributed by atoms with Crippen LogP contribution in [0.25, 0.3) is 11.3 Å². The summed E-state index contributed by atoms with van der Waals surface area (Å²) in [7, 11) is 0. The van der Waals surface area contributed by atoms with Gasteiger partial charge in [-0.05, 0) is 55.5 Å². The Bertz CT molecular complexity index is 1260. The molecule has 5 rings (SSSR count). The SMILES string of the molecule is Cc1cccnc1-c1cc(N2CCC(C(=O)NCCC3C(=O)Nc4ccccc43)CC2)ncc1Cl. The molecule has 0 spiro atoms. The van der Waals surface area contributed by atoms with Crippen LogP contribution in [-0.4, -0.2) is 41.4 Å². The molecule has 1 unspecified atom stereocenters. The van der Waals surface area contributed by atoms with Crippen molar-refractivity contribution in [2.24, 2.45) is 5.92 Å². The number of hydrogen-bond acceptors (Lipinski definition) is 5. The Morgan fingerprint density at radius 3 is 2.77 bits per heavy atom. The number of carbonyl (C=O) groups is 2. The topological polar surface area (TPSA) is 87.2 Å². The number of nitrogens with zero attached hydrogens (tertiary/aromatic N) is 3. The molecule has 2 amide bonds. The van der Waals surface area contributed by atoms with Crippen LogP contribution in [0.4, 0.5) is 11.5 Å². The first-order valence-electron chi connectivity index (χ1n) is 12.0. The Kier molecular flexibility index (Phi) is 6.68. The monoisotopic (exact) mass is 489 g/mol. The molecular formula is C27H28ClN5O2. The zero-order valence-electron chi connectivity index (χ0n) is 19.6. The van der Waals surface area contributed by atoms with Gasteiger partial charge in [0.2, 0.25) is 11.8 Å². The van der Waals surface area contributed by atoms with Crippen LogP contribution in [0.3, 0.4) is 0 Å². The van der Waals surface area contributed by atoms with Crippen LogP contribution >= 0.6 is 11.6 Å². The fourth-order valence-electron chi connectivity index (χ4n) is 4.97. The minimum atomic E-state index is -0.207. The number of anilines is 2. The van der Waals surface area contributed by atoms with Crippen molar-refractivity contribution in [3.05, 3.63) is 71.0 Å². The minimum Gasteiger partial charge on any atom is -0.357 e. The molecule has 1 atom stereocenters. The van der Waals surface area contributed by atoms with Crippen LogP contribution in [-0.2, 0) is 9.59 Å². The molecule has 7 nitrogen and oxygen atoms in total. The van der Waals surface area contributed by atoms with Crippen molar-refractivity contribution in [1.82, 2.24) is 15.3 Å². The molecule has 8 heteroatoms. The van der Waals surface area contributed by atoms with Gasteiger partial charge in [0.25, 0.3) is 0 Å². The molecule has 1 saturated heterocycles. The summed E-state index contributed by atoms with van der Waals surface area (Å²) < 4.78 is 0. The van der Waals surface area contributed by atoms with E-state index < -0.39 is 0 Å². The van der Waals surface area contributed by atoms with Crippen molar-refractivity contribution in [1.29, 1.82) is 0 Å². The first-order chi connectivity index (χ1) is 17.0. The Hall–Kier alpha value is -3.45. The van der Waals surface area contributed by atoms with Gasteiger partial charge in [0.1, 0.15) is 5.82 Å². The van der Waals surface area contributed by atoms with Gasteiger partial charge >= 0.3 is 0 Å². The lowest BCUT2D eigenvalue weighted by Crippen LogP contribution is -2.41. The van der Waals surface area contributed by atoms with Crippen LogP contribution in [0.15, 0.2) is 54.9 Å². The van der Waals surface area contributed by atoms with E-state index in [-0.39, 0.29) is 23.7 Å². The maximum Gasteiger partial charge on any atom is 0.232 e. The minimum absolute atomic E-state index is 0.00416. The molecule has 0 bridgehead atoms. The molecule has 0 aliphatic carbocycles. The van der Waals surface area contributed by atoms with E-state index in [2.05, 4.69) is 25.5 Å². The summed E-state index contributed by atoms with van der Waals surface area (Å²) in [4.78, 5) is 36.3. The van der Waals surface area contributed by atoms with Crippen LogP contribution in [0.5, 0.6) is 0 Å². The molecular weight excluding hydrogens is 462 g/mol. The third-order valence-electron chi connectivity index (χ3n) is 6.94. The van der Waals surface area contributed by atoms with Crippen LogP contribution in [0.2, 0.25) is 5.02 Å². The van der Waals surface area contributed by atoms with E-state index >= 15 is 0 Å². The second-order valence-corrected chi connectivity index (χ2v) is 9.57. The Morgan fingerprint density at radius 2 is 1.97 bits per heavy atom. The normalized spacial score (nSPS) is 17.7. The molecule has 4 heterocycles. The van der Waals surface area contributed by atoms with E-state index in [9.17, 15) is 9.59 Å². The maximum atomic E-state index is 12.8. The highest BCUT2D eigenvalue weighted by atomic mass is 35.5. The number of para-hydroxylation sites is 1. The second-order valence-electron chi connectivity index (χ2n) is 9.16. The van der Waals surface area contributed by atoms with Crippen molar-refractivity contribution >= 4 is 34.9 Å². The number of aryl methyl sites for hydroxylation is 1. The Balaban J connectivity index is 1.15. The Labute approximate surface area is 209 Å². The molecule has 35 heavy (non-hydrogen) atoms. The number of fused-ring (bicyclic) bond motifs is 1. The van der Waals surface area contributed by atoms with Gasteiger partial charge in [-0.15, -0.1) is 0 Å². The number of halogens is 1. The number of amides is 2. The third-order valence-corrected chi connectivity index (χ3v) is 7.24. The number of rotatable bonds is 6. The predicted octanol–water partition coefficient (Wildman–Crippen LogP) is 4.56. The summed E-state index contributed by atoms with van der Waals surface area (Å²) in [5, 5.41) is 6.54. The van der Waals surface area contributed by atoms with Crippen molar-refractivity contribution in [2.75, 3.05) is 29.9 Å². The molecule has 1 aromatic carbocycles. The number of aromatic nitrogens is 2. The van der Waals surface area contributed by atoms with E-state index in [0.29, 0.717) is 18.0 Å². The van der Waals surface area contributed by atoms with Gasteiger partial charge in [-0.2, -0.15) is 0 Å². The highest BCUT2D eigenvalue weighted by molar-refractivity contribution is 6.33. The fourth-order valence-corrected chi connectivity index (χ4v) is 5.16. The average Bonchev–Trinajstić information content (AvgIpc) is 3.20. The highest BCUT2D eigenvalue weighted by Crippen LogP contribution is 2.34. The van der Waals surface area contributed by atoms with Gasteiger partial charge in [0.15, 0.2) is 0 Å². The number of hydrogen-bond donors (Lipinski definition) is 2. The lowest BCUT2D eigenvalue weighted by atomic mass is 9.94. The zero-order valence-corrected chi connectivity index (χ0v) is 20.4. The fraction of sp³-hybridized carbons (Fsp3) is 0.333. The number of pyridine rings is 2. The molecule has 3 aromatic rings. The van der Waals surface area contributed by atoms with E-state index in [1.807, 2.05) is 49.4 Å². The first kappa shape index (κ1) is 23.3. The standard InChI is InChI=1S/C27H28ClN5O2/c1-17-5-4-11-29-25(17)21-15-24(31-16-22(21)28)33-13-9-18(10-14-33)26(34)30-12-8-20-19-6-2-3-7-23(19)32-27(20)35/h2-7,11,15-16,18,20H,8-10,12-14H2,1H3,(H,30,34)(H,32,35). The lowest BCUT2D eigenvalue weighted by Gasteiger charge is -2.32. The van der Waals surface area contributed by atoms with Gasteiger partial charge in [-0.3, -0.25) is 14.6 Å². The number of benzene rings is 1. The average molecular weight is 490 g/mol. The second kappa shape index (κ2) is 10.0. The van der Waals surface area contributed by atoms with Crippen molar-refractivity contribution in [3.8, 4) is 11.3 Å². The summed E-state index contributed by atoms with van der Waals surface area (Å²) in [6.45, 7) is 3.98. The predicted molar refractivity (Wildman–Crippen MR) is 138 cm³/mol. The van der Waals surface area contributed by atoms with Crippen molar-refractivity contribution in [2.45, 2.75) is 32.1 Å². The lowest BCUT2D eigenvalue weighted by molar-refractivity contribution is -0.126. The molecule has 2 aliphatic heterocycles. The molecule has 1 fully saturated rings. The van der Waals surface area contributed by atoms with Crippen LogP contribution in [0, 0.1) is 12.8 Å². The molecule has 180 valence electrons. The van der Waals surface area contributed by atoms with Gasteiger partial charge in [0, 0.05) is 49.2 Å². The van der Waals surface area contributed by atoms with E-state index in [4.69, 9.17) is 11.6 Å². The summed E-state index contributed by atoms with van der Waals surface area (Å²) in [5.74, 6) is 0.663. The third kappa shape index (κ3) is 4.86. The molecule has 0 saturated carbocycles.